The van der Waals surface area contributed by atoms with Crippen LogP contribution < -0.4 is 5.73 Å². The van der Waals surface area contributed by atoms with Crippen LogP contribution in [0.3, 0.4) is 0 Å². The lowest BCUT2D eigenvalue weighted by Crippen LogP contribution is -2.12. The van der Waals surface area contributed by atoms with Gasteiger partial charge < -0.3 is 15.3 Å². The number of pyridine rings is 1. The number of aromatic nitrogens is 3. The third-order valence-corrected chi connectivity index (χ3v) is 4.97. The molecule has 0 aliphatic rings. The molecule has 1 aromatic carbocycles. The third-order valence-electron chi connectivity index (χ3n) is 4.42. The largest absolute Gasteiger partial charge is 0.366 e. The van der Waals surface area contributed by atoms with Crippen molar-refractivity contribution in [2.24, 2.45) is 12.8 Å². The predicted molar refractivity (Wildman–Crippen MR) is 104 cm³/mol. The van der Waals surface area contributed by atoms with E-state index in [9.17, 15) is 4.79 Å². The number of H-pyrrole nitrogens is 1. The lowest BCUT2D eigenvalue weighted by molar-refractivity contribution is 0.100. The SMILES string of the molecule is Cn1c(-c2ccnc3[nH]ccc23)cc(C(N)=O)c1-c1ccc(Cl)cc1Cl. The van der Waals surface area contributed by atoms with Crippen LogP contribution >= 0.6 is 23.2 Å². The molecule has 3 heterocycles. The average Bonchev–Trinajstić information content (AvgIpc) is 3.20. The van der Waals surface area contributed by atoms with E-state index in [2.05, 4.69) is 9.97 Å². The summed E-state index contributed by atoms with van der Waals surface area (Å²) in [5, 5.41) is 1.93. The predicted octanol–water partition coefficient (Wildman–Crippen LogP) is 4.64. The van der Waals surface area contributed by atoms with Gasteiger partial charge in [-0.3, -0.25) is 4.79 Å². The molecule has 0 saturated carbocycles. The quantitative estimate of drug-likeness (QED) is 0.539. The van der Waals surface area contributed by atoms with E-state index in [-0.39, 0.29) is 0 Å². The molecule has 0 fully saturated rings. The first-order valence-corrected chi connectivity index (χ1v) is 8.60. The van der Waals surface area contributed by atoms with Crippen LogP contribution in [-0.4, -0.2) is 20.4 Å². The molecule has 130 valence electrons. The Hall–Kier alpha value is -2.76. The lowest BCUT2D eigenvalue weighted by atomic mass is 10.1. The zero-order valence-corrected chi connectivity index (χ0v) is 15.3. The first kappa shape index (κ1) is 16.7. The molecular weight excluding hydrogens is 371 g/mol. The van der Waals surface area contributed by atoms with Gasteiger partial charge in [-0.25, -0.2) is 4.98 Å². The average molecular weight is 385 g/mol. The van der Waals surface area contributed by atoms with Gasteiger partial charge in [0.2, 0.25) is 0 Å². The highest BCUT2D eigenvalue weighted by molar-refractivity contribution is 6.36. The number of fused-ring (bicyclic) bond motifs is 1. The van der Waals surface area contributed by atoms with E-state index >= 15 is 0 Å². The van der Waals surface area contributed by atoms with Gasteiger partial charge in [-0.1, -0.05) is 23.2 Å². The Morgan fingerprint density at radius 3 is 2.69 bits per heavy atom. The summed E-state index contributed by atoms with van der Waals surface area (Å²) in [7, 11) is 1.88. The van der Waals surface area contributed by atoms with Crippen LogP contribution in [0.2, 0.25) is 10.0 Å². The molecule has 0 aliphatic carbocycles. The fraction of sp³-hybridized carbons (Fsp3) is 0.0526. The number of rotatable bonds is 3. The number of nitrogens with one attached hydrogen (secondary N) is 1. The van der Waals surface area contributed by atoms with Crippen LogP contribution in [0.15, 0.2) is 48.8 Å². The number of hydrogen-bond donors (Lipinski definition) is 2. The van der Waals surface area contributed by atoms with E-state index in [1.165, 1.54) is 0 Å². The molecule has 4 rings (SSSR count). The summed E-state index contributed by atoms with van der Waals surface area (Å²) in [5.41, 5.74) is 9.94. The van der Waals surface area contributed by atoms with Crippen molar-refractivity contribution in [1.29, 1.82) is 0 Å². The molecule has 0 radical (unpaired) electrons. The van der Waals surface area contributed by atoms with E-state index < -0.39 is 5.91 Å². The number of benzene rings is 1. The second-order valence-corrected chi connectivity index (χ2v) is 6.78. The summed E-state index contributed by atoms with van der Waals surface area (Å²) in [5.74, 6) is -0.521. The Morgan fingerprint density at radius 2 is 1.96 bits per heavy atom. The normalized spacial score (nSPS) is 11.2. The van der Waals surface area contributed by atoms with Crippen molar-refractivity contribution in [2.75, 3.05) is 0 Å². The Balaban J connectivity index is 2.02. The van der Waals surface area contributed by atoms with Crippen molar-refractivity contribution in [3.8, 4) is 22.5 Å². The summed E-state index contributed by atoms with van der Waals surface area (Å²) in [6.45, 7) is 0. The first-order chi connectivity index (χ1) is 12.5. The number of hydrogen-bond acceptors (Lipinski definition) is 2. The van der Waals surface area contributed by atoms with Gasteiger partial charge >= 0.3 is 0 Å². The maximum atomic E-state index is 12.1. The standard InChI is InChI=1S/C19H14Cl2N4O/c1-25-16(11-4-6-23-19-12(11)5-7-24-19)9-14(18(22)26)17(25)13-3-2-10(20)8-15(13)21/h2-9H,1H3,(H2,22,26)(H,23,24). The van der Waals surface area contributed by atoms with E-state index in [0.717, 1.165) is 22.3 Å². The fourth-order valence-corrected chi connectivity index (χ4v) is 3.74. The minimum absolute atomic E-state index is 0.396. The molecule has 0 bridgehead atoms. The van der Waals surface area contributed by atoms with E-state index in [0.29, 0.717) is 26.9 Å². The number of amides is 1. The van der Waals surface area contributed by atoms with Gasteiger partial charge in [-0.05, 0) is 36.4 Å². The number of carbonyl (C=O) groups is 1. The van der Waals surface area contributed by atoms with Crippen molar-refractivity contribution in [3.63, 3.8) is 0 Å². The minimum atomic E-state index is -0.521. The molecule has 26 heavy (non-hydrogen) atoms. The number of primary amides is 1. The number of halogens is 2. The Bertz CT molecular complexity index is 1160. The molecule has 0 atom stereocenters. The van der Waals surface area contributed by atoms with Gasteiger partial charge in [-0.2, -0.15) is 0 Å². The summed E-state index contributed by atoms with van der Waals surface area (Å²) < 4.78 is 1.91. The molecule has 0 spiro atoms. The van der Waals surface area contributed by atoms with Gasteiger partial charge in [0, 0.05) is 46.7 Å². The van der Waals surface area contributed by atoms with Crippen LogP contribution in [0.1, 0.15) is 10.4 Å². The topological polar surface area (TPSA) is 76.7 Å². The maximum Gasteiger partial charge on any atom is 0.250 e. The van der Waals surface area contributed by atoms with Crippen LogP contribution in [0, 0.1) is 0 Å². The molecule has 3 aromatic heterocycles. The van der Waals surface area contributed by atoms with Crippen molar-refractivity contribution in [3.05, 3.63) is 64.4 Å². The van der Waals surface area contributed by atoms with Crippen LogP contribution in [0.5, 0.6) is 0 Å². The summed E-state index contributed by atoms with van der Waals surface area (Å²) in [6, 6.07) is 10.8. The van der Waals surface area contributed by atoms with Crippen LogP contribution in [0.25, 0.3) is 33.5 Å². The molecule has 0 saturated heterocycles. The van der Waals surface area contributed by atoms with Gasteiger partial charge in [0.1, 0.15) is 5.65 Å². The van der Waals surface area contributed by atoms with Crippen molar-refractivity contribution in [1.82, 2.24) is 14.5 Å². The molecule has 0 unspecified atom stereocenters. The molecule has 5 nitrogen and oxygen atoms in total. The van der Waals surface area contributed by atoms with Crippen LogP contribution in [-0.2, 0) is 7.05 Å². The molecule has 3 N–H and O–H groups in total. The van der Waals surface area contributed by atoms with Crippen molar-refractivity contribution >= 4 is 40.1 Å². The number of aromatic amines is 1. The highest BCUT2D eigenvalue weighted by atomic mass is 35.5. The minimum Gasteiger partial charge on any atom is -0.366 e. The van der Waals surface area contributed by atoms with Gasteiger partial charge in [0.25, 0.3) is 5.91 Å². The van der Waals surface area contributed by atoms with Crippen LogP contribution in [0.4, 0.5) is 0 Å². The van der Waals surface area contributed by atoms with Gasteiger partial charge in [0.05, 0.1) is 16.3 Å². The molecule has 7 heteroatoms. The lowest BCUT2D eigenvalue weighted by Gasteiger charge is -2.11. The summed E-state index contributed by atoms with van der Waals surface area (Å²) in [4.78, 5) is 19.5. The van der Waals surface area contributed by atoms with E-state index in [1.807, 2.05) is 29.9 Å². The third kappa shape index (κ3) is 2.57. The summed E-state index contributed by atoms with van der Waals surface area (Å²) in [6.07, 6.45) is 3.55. The molecule has 1 amide bonds. The number of nitrogens with two attached hydrogens (primary N) is 1. The van der Waals surface area contributed by atoms with Gasteiger partial charge in [-0.15, -0.1) is 0 Å². The Labute approximate surface area is 159 Å². The second kappa shape index (κ2) is 6.20. The Morgan fingerprint density at radius 1 is 1.15 bits per heavy atom. The Kier molecular flexibility index (Phi) is 3.98. The number of carbonyl (C=O) groups excluding carboxylic acids is 1. The van der Waals surface area contributed by atoms with E-state index in [1.54, 1.807) is 30.5 Å². The second-order valence-electron chi connectivity index (χ2n) is 5.94. The fourth-order valence-electron chi connectivity index (χ4n) is 3.24. The maximum absolute atomic E-state index is 12.1. The zero-order valence-electron chi connectivity index (χ0n) is 13.8. The van der Waals surface area contributed by atoms with Gasteiger partial charge in [0.15, 0.2) is 0 Å². The number of nitrogens with zero attached hydrogens (tertiary/aromatic N) is 2. The van der Waals surface area contributed by atoms with Crippen molar-refractivity contribution in [2.45, 2.75) is 0 Å². The highest BCUT2D eigenvalue weighted by Crippen LogP contribution is 2.38. The highest BCUT2D eigenvalue weighted by Gasteiger charge is 2.22. The summed E-state index contributed by atoms with van der Waals surface area (Å²) >= 11 is 12.4. The molecular formula is C19H14Cl2N4O. The van der Waals surface area contributed by atoms with E-state index in [4.69, 9.17) is 28.9 Å². The monoisotopic (exact) mass is 384 g/mol. The zero-order chi connectivity index (χ0) is 18.4. The first-order valence-electron chi connectivity index (χ1n) is 7.85. The smallest absolute Gasteiger partial charge is 0.250 e. The molecule has 4 aromatic rings. The van der Waals surface area contributed by atoms with Crippen molar-refractivity contribution < 1.29 is 4.79 Å². The molecule has 0 aliphatic heterocycles.